The van der Waals surface area contributed by atoms with Crippen molar-refractivity contribution in [3.05, 3.63) is 47.3 Å². The average molecular weight is 445 g/mol. The molecular formula is C18H12F5N3O5. The van der Waals surface area contributed by atoms with Crippen LogP contribution in [-0.2, 0) is 4.79 Å². The lowest BCUT2D eigenvalue weighted by Gasteiger charge is -2.10. The van der Waals surface area contributed by atoms with Gasteiger partial charge in [-0.15, -0.1) is 0 Å². The van der Waals surface area contributed by atoms with Crippen LogP contribution in [0.4, 0.5) is 27.8 Å². The summed E-state index contributed by atoms with van der Waals surface area (Å²) in [7, 11) is 2.84. The van der Waals surface area contributed by atoms with Crippen molar-refractivity contribution >= 4 is 11.7 Å². The molecule has 13 heteroatoms. The molecule has 0 saturated carbocycles. The number of benzene rings is 2. The lowest BCUT2D eigenvalue weighted by molar-refractivity contribution is -0.118. The van der Waals surface area contributed by atoms with Crippen LogP contribution in [-0.4, -0.2) is 37.0 Å². The van der Waals surface area contributed by atoms with E-state index in [4.69, 9.17) is 9.47 Å². The predicted octanol–water partition coefficient (Wildman–Crippen LogP) is 3.47. The zero-order valence-corrected chi connectivity index (χ0v) is 15.8. The third-order valence-corrected chi connectivity index (χ3v) is 3.92. The van der Waals surface area contributed by atoms with Crippen molar-refractivity contribution in [2.24, 2.45) is 0 Å². The molecule has 0 atom stereocenters. The molecule has 8 nitrogen and oxygen atoms in total. The SMILES string of the molecule is COc1ccc(-c2nonc2NC(=O)COc2c(F)c(F)c(F)c(F)c2F)cc1OC. The van der Waals surface area contributed by atoms with E-state index in [9.17, 15) is 26.7 Å². The molecule has 0 bridgehead atoms. The van der Waals surface area contributed by atoms with Crippen molar-refractivity contribution in [1.82, 2.24) is 10.3 Å². The van der Waals surface area contributed by atoms with Crippen LogP contribution in [0.25, 0.3) is 11.3 Å². The molecule has 1 aromatic heterocycles. The Morgan fingerprint density at radius 1 is 0.935 bits per heavy atom. The number of carbonyl (C=O) groups is 1. The molecule has 3 rings (SSSR count). The first kappa shape index (κ1) is 21.8. The number of nitrogens with one attached hydrogen (secondary N) is 1. The summed E-state index contributed by atoms with van der Waals surface area (Å²) in [6.07, 6.45) is 0. The van der Waals surface area contributed by atoms with Gasteiger partial charge >= 0.3 is 0 Å². The van der Waals surface area contributed by atoms with Gasteiger partial charge in [-0.2, -0.15) is 8.78 Å². The van der Waals surface area contributed by atoms with E-state index in [0.717, 1.165) is 0 Å². The Bertz CT molecular complexity index is 1110. The number of aromatic nitrogens is 2. The Morgan fingerprint density at radius 2 is 1.55 bits per heavy atom. The van der Waals surface area contributed by atoms with E-state index in [0.29, 0.717) is 17.1 Å². The van der Waals surface area contributed by atoms with Gasteiger partial charge in [0.2, 0.25) is 34.9 Å². The fraction of sp³-hybridized carbons (Fsp3) is 0.167. The molecule has 164 valence electrons. The monoisotopic (exact) mass is 445 g/mol. The smallest absolute Gasteiger partial charge is 0.263 e. The fourth-order valence-corrected chi connectivity index (χ4v) is 2.46. The molecule has 0 spiro atoms. The first-order valence-corrected chi connectivity index (χ1v) is 8.27. The number of anilines is 1. The molecule has 0 aliphatic carbocycles. The van der Waals surface area contributed by atoms with Crippen molar-refractivity contribution in [2.45, 2.75) is 0 Å². The molecular weight excluding hydrogens is 433 g/mol. The number of carbonyl (C=O) groups excluding carboxylic acids is 1. The van der Waals surface area contributed by atoms with Crippen LogP contribution >= 0.6 is 0 Å². The van der Waals surface area contributed by atoms with Crippen molar-refractivity contribution in [3.8, 4) is 28.5 Å². The second-order valence-electron chi connectivity index (χ2n) is 5.77. The molecule has 1 N–H and O–H groups in total. The third-order valence-electron chi connectivity index (χ3n) is 3.92. The highest BCUT2D eigenvalue weighted by atomic mass is 19.2. The highest BCUT2D eigenvalue weighted by molar-refractivity contribution is 5.94. The van der Waals surface area contributed by atoms with E-state index < -0.39 is 47.3 Å². The Morgan fingerprint density at radius 3 is 2.16 bits per heavy atom. The van der Waals surface area contributed by atoms with Crippen LogP contribution in [0.5, 0.6) is 17.2 Å². The van der Waals surface area contributed by atoms with Crippen LogP contribution in [0.1, 0.15) is 0 Å². The number of nitrogens with zero attached hydrogens (tertiary/aromatic N) is 2. The number of hydrogen-bond acceptors (Lipinski definition) is 7. The van der Waals surface area contributed by atoms with Gasteiger partial charge in [-0.3, -0.25) is 4.79 Å². The molecule has 31 heavy (non-hydrogen) atoms. The van der Waals surface area contributed by atoms with Gasteiger partial charge < -0.3 is 19.5 Å². The van der Waals surface area contributed by atoms with Gasteiger partial charge in [-0.1, -0.05) is 0 Å². The molecule has 0 saturated heterocycles. The lowest BCUT2D eigenvalue weighted by Crippen LogP contribution is -2.22. The normalized spacial score (nSPS) is 10.7. The number of hydrogen-bond donors (Lipinski definition) is 1. The van der Waals surface area contributed by atoms with Gasteiger partial charge in [-0.05, 0) is 28.5 Å². The first-order valence-electron chi connectivity index (χ1n) is 8.27. The number of amides is 1. The summed E-state index contributed by atoms with van der Waals surface area (Å²) in [6, 6.07) is 4.63. The topological polar surface area (TPSA) is 95.7 Å². The number of halogens is 5. The van der Waals surface area contributed by atoms with Gasteiger partial charge in [0.15, 0.2) is 29.5 Å². The zero-order valence-electron chi connectivity index (χ0n) is 15.8. The van der Waals surface area contributed by atoms with Crippen molar-refractivity contribution in [1.29, 1.82) is 0 Å². The molecule has 1 amide bonds. The maximum absolute atomic E-state index is 13.6. The molecule has 0 fully saturated rings. The second-order valence-corrected chi connectivity index (χ2v) is 5.77. The summed E-state index contributed by atoms with van der Waals surface area (Å²) in [6.45, 7) is -1.10. The van der Waals surface area contributed by atoms with Crippen LogP contribution in [0.2, 0.25) is 0 Å². The molecule has 0 radical (unpaired) electrons. The standard InChI is InChI=1S/C18H12F5N3O5/c1-28-8-4-3-7(5-9(8)29-2)16-18(26-31-25-16)24-10(27)6-30-17-14(22)12(20)11(19)13(21)15(17)23/h3-5H,6H2,1-2H3,(H,24,26,27). The zero-order chi connectivity index (χ0) is 22.7. The highest BCUT2D eigenvalue weighted by Gasteiger charge is 2.27. The van der Waals surface area contributed by atoms with E-state index in [1.165, 1.54) is 20.3 Å². The summed E-state index contributed by atoms with van der Waals surface area (Å²) in [5, 5.41) is 9.34. The van der Waals surface area contributed by atoms with Gasteiger partial charge in [-0.25, -0.2) is 17.8 Å². The van der Waals surface area contributed by atoms with Crippen LogP contribution in [0.3, 0.4) is 0 Å². The van der Waals surface area contributed by atoms with Crippen molar-refractivity contribution in [2.75, 3.05) is 26.1 Å². The summed E-state index contributed by atoms with van der Waals surface area (Å²) >= 11 is 0. The molecule has 2 aromatic carbocycles. The molecule has 1 heterocycles. The minimum absolute atomic E-state index is 0.0607. The van der Waals surface area contributed by atoms with Crippen LogP contribution in [0.15, 0.2) is 22.8 Å². The van der Waals surface area contributed by atoms with Gasteiger partial charge in [0.1, 0.15) is 0 Å². The van der Waals surface area contributed by atoms with Crippen molar-refractivity contribution in [3.63, 3.8) is 0 Å². The van der Waals surface area contributed by atoms with Crippen LogP contribution < -0.4 is 19.5 Å². The van der Waals surface area contributed by atoms with E-state index in [1.54, 1.807) is 12.1 Å². The quantitative estimate of drug-likeness (QED) is 0.338. The van der Waals surface area contributed by atoms with E-state index in [2.05, 4.69) is 25.0 Å². The van der Waals surface area contributed by atoms with Crippen molar-refractivity contribution < 1.29 is 45.6 Å². The highest BCUT2D eigenvalue weighted by Crippen LogP contribution is 2.34. The summed E-state index contributed by atoms with van der Waals surface area (Å²) in [5.74, 6) is -13.2. The third kappa shape index (κ3) is 4.20. The minimum atomic E-state index is -2.35. The second kappa shape index (κ2) is 8.85. The Kier molecular flexibility index (Phi) is 6.22. The molecule has 3 aromatic rings. The molecule has 0 unspecified atom stereocenters. The average Bonchev–Trinajstić information content (AvgIpc) is 3.23. The Labute approximate surface area is 170 Å². The van der Waals surface area contributed by atoms with Gasteiger partial charge in [0.25, 0.3) is 5.91 Å². The summed E-state index contributed by atoms with van der Waals surface area (Å²) < 4.78 is 86.0. The maximum atomic E-state index is 13.6. The predicted molar refractivity (Wildman–Crippen MR) is 93.2 cm³/mol. The summed E-state index contributed by atoms with van der Waals surface area (Å²) in [5.41, 5.74) is 0.459. The van der Waals surface area contributed by atoms with E-state index in [1.807, 2.05) is 0 Å². The number of rotatable bonds is 7. The van der Waals surface area contributed by atoms with E-state index in [-0.39, 0.29) is 11.5 Å². The minimum Gasteiger partial charge on any atom is -0.493 e. The largest absolute Gasteiger partial charge is 0.493 e. The van der Waals surface area contributed by atoms with Gasteiger partial charge in [0, 0.05) is 5.56 Å². The summed E-state index contributed by atoms with van der Waals surface area (Å²) in [4.78, 5) is 12.1. The lowest BCUT2D eigenvalue weighted by atomic mass is 10.1. The molecule has 0 aliphatic rings. The Balaban J connectivity index is 1.76. The van der Waals surface area contributed by atoms with Gasteiger partial charge in [0.05, 0.1) is 14.2 Å². The maximum Gasteiger partial charge on any atom is 0.263 e. The Hall–Kier alpha value is -3.90. The number of ether oxygens (including phenoxy) is 3. The fourth-order valence-electron chi connectivity index (χ4n) is 2.46. The first-order chi connectivity index (χ1) is 14.8. The molecule has 0 aliphatic heterocycles. The van der Waals surface area contributed by atoms with E-state index >= 15 is 0 Å². The van der Waals surface area contributed by atoms with Crippen LogP contribution in [0, 0.1) is 29.1 Å². The number of methoxy groups -OCH3 is 2.